The van der Waals surface area contributed by atoms with Crippen molar-refractivity contribution in [2.24, 2.45) is 0 Å². The van der Waals surface area contributed by atoms with Gasteiger partial charge in [-0.25, -0.2) is 0 Å². The van der Waals surface area contributed by atoms with E-state index >= 15 is 0 Å². The first-order valence-electron chi connectivity index (χ1n) is 7.31. The van der Waals surface area contributed by atoms with Crippen LogP contribution in [0.25, 0.3) is 22.3 Å². The lowest BCUT2D eigenvalue weighted by Crippen LogP contribution is -2.16. The van der Waals surface area contributed by atoms with Gasteiger partial charge in [-0.15, -0.1) is 0 Å². The Bertz CT molecular complexity index is 1100. The number of phenolic OH excluding ortho intramolecular Hbond substituents is 1. The fourth-order valence-electron chi connectivity index (χ4n) is 2.64. The molecule has 6 nitrogen and oxygen atoms in total. The molecule has 0 saturated heterocycles. The van der Waals surface area contributed by atoms with Crippen molar-refractivity contribution in [1.82, 2.24) is 4.98 Å². The van der Waals surface area contributed by atoms with E-state index in [0.29, 0.717) is 5.56 Å². The zero-order chi connectivity index (χ0) is 18.0. The van der Waals surface area contributed by atoms with Crippen molar-refractivity contribution in [2.45, 2.75) is 0 Å². The number of hydrogen-bond acceptors (Lipinski definition) is 5. The van der Waals surface area contributed by atoms with Gasteiger partial charge >= 0.3 is 0 Å². The molecule has 3 rings (SSSR count). The number of phenols is 1. The van der Waals surface area contributed by atoms with Crippen LogP contribution in [0, 0.1) is 22.7 Å². The van der Waals surface area contributed by atoms with Gasteiger partial charge in [-0.3, -0.25) is 4.79 Å². The molecule has 0 aliphatic carbocycles. The second-order valence-electron chi connectivity index (χ2n) is 5.34. The Balaban J connectivity index is 2.27. The first kappa shape index (κ1) is 15.9. The summed E-state index contributed by atoms with van der Waals surface area (Å²) >= 11 is 0. The second kappa shape index (κ2) is 6.23. The van der Waals surface area contributed by atoms with Crippen LogP contribution in [0.1, 0.15) is 11.1 Å². The van der Waals surface area contributed by atoms with E-state index in [1.165, 1.54) is 0 Å². The third-order valence-corrected chi connectivity index (χ3v) is 3.82. The smallest absolute Gasteiger partial charge is 0.268 e. The first-order valence-corrected chi connectivity index (χ1v) is 7.31. The van der Waals surface area contributed by atoms with Crippen molar-refractivity contribution in [3.05, 3.63) is 70.0 Å². The molecule has 0 spiro atoms. The predicted molar refractivity (Wildman–Crippen MR) is 93.4 cm³/mol. The number of H-pyrrole nitrogens is 1. The number of nitrogens with one attached hydrogen (secondary N) is 1. The van der Waals surface area contributed by atoms with Crippen LogP contribution in [0.3, 0.4) is 0 Å². The maximum atomic E-state index is 12.0. The molecular formula is C19H12N4O2. The normalized spacial score (nSPS) is 10.0. The topological polar surface area (TPSA) is 127 Å². The summed E-state index contributed by atoms with van der Waals surface area (Å²) in [6.07, 6.45) is 0. The molecule has 1 aromatic heterocycles. The largest absolute Gasteiger partial charge is 0.508 e. The molecule has 2 aromatic carbocycles. The van der Waals surface area contributed by atoms with Gasteiger partial charge in [-0.2, -0.15) is 10.5 Å². The zero-order valence-electron chi connectivity index (χ0n) is 12.9. The van der Waals surface area contributed by atoms with E-state index in [4.69, 9.17) is 5.73 Å². The lowest BCUT2D eigenvalue weighted by molar-refractivity contribution is 0.475. The number of hydrogen-bond donors (Lipinski definition) is 3. The zero-order valence-corrected chi connectivity index (χ0v) is 12.9. The maximum absolute atomic E-state index is 12.0. The lowest BCUT2D eigenvalue weighted by Gasteiger charge is -2.10. The van der Waals surface area contributed by atoms with E-state index in [1.807, 2.05) is 18.2 Å². The number of rotatable bonds is 2. The fourth-order valence-corrected chi connectivity index (χ4v) is 2.64. The van der Waals surface area contributed by atoms with Crippen LogP contribution in [0.4, 0.5) is 5.82 Å². The van der Waals surface area contributed by atoms with E-state index < -0.39 is 5.56 Å². The molecule has 0 aliphatic rings. The molecule has 1 heterocycles. The van der Waals surface area contributed by atoms with Crippen molar-refractivity contribution in [2.75, 3.05) is 5.73 Å². The lowest BCUT2D eigenvalue weighted by atomic mass is 9.94. The van der Waals surface area contributed by atoms with E-state index in [9.17, 15) is 20.4 Å². The van der Waals surface area contributed by atoms with Crippen molar-refractivity contribution >= 4 is 5.82 Å². The van der Waals surface area contributed by atoms with E-state index in [-0.39, 0.29) is 28.3 Å². The maximum Gasteiger partial charge on any atom is 0.268 e. The van der Waals surface area contributed by atoms with Crippen LogP contribution in [-0.2, 0) is 0 Å². The number of nitrogen functional groups attached to an aromatic ring is 1. The molecule has 25 heavy (non-hydrogen) atoms. The molecule has 0 bridgehead atoms. The quantitative estimate of drug-likeness (QED) is 0.666. The summed E-state index contributed by atoms with van der Waals surface area (Å²) in [5.74, 6) is 0.0809. The summed E-state index contributed by atoms with van der Waals surface area (Å²) in [5, 5.41) is 28.1. The summed E-state index contributed by atoms with van der Waals surface area (Å²) in [7, 11) is 0. The molecule has 4 N–H and O–H groups in total. The number of pyridine rings is 1. The van der Waals surface area contributed by atoms with Gasteiger partial charge in [-0.05, 0) is 34.9 Å². The Morgan fingerprint density at radius 2 is 1.56 bits per heavy atom. The van der Waals surface area contributed by atoms with Gasteiger partial charge in [0.25, 0.3) is 5.56 Å². The Labute approximate surface area is 143 Å². The highest BCUT2D eigenvalue weighted by Crippen LogP contribution is 2.31. The number of anilines is 1. The minimum Gasteiger partial charge on any atom is -0.508 e. The van der Waals surface area contributed by atoms with Gasteiger partial charge in [0.2, 0.25) is 0 Å². The van der Waals surface area contributed by atoms with Gasteiger partial charge in [0.05, 0.1) is 0 Å². The third kappa shape index (κ3) is 2.80. The van der Waals surface area contributed by atoms with Crippen molar-refractivity contribution in [3.8, 4) is 40.1 Å². The summed E-state index contributed by atoms with van der Waals surface area (Å²) in [5.41, 5.74) is 7.41. The highest BCUT2D eigenvalue weighted by molar-refractivity contribution is 5.82. The monoisotopic (exact) mass is 328 g/mol. The van der Waals surface area contributed by atoms with E-state index in [1.54, 1.807) is 42.5 Å². The Hall–Kier alpha value is -4.03. The average molecular weight is 328 g/mol. The van der Waals surface area contributed by atoms with Crippen LogP contribution in [0.15, 0.2) is 53.3 Å². The van der Waals surface area contributed by atoms with E-state index in [2.05, 4.69) is 4.98 Å². The molecular weight excluding hydrogens is 316 g/mol. The predicted octanol–water partition coefficient (Wildman–Crippen LogP) is 2.74. The molecule has 0 atom stereocenters. The summed E-state index contributed by atoms with van der Waals surface area (Å²) < 4.78 is 0. The van der Waals surface area contributed by atoms with Gasteiger partial charge in [-0.1, -0.05) is 30.3 Å². The van der Waals surface area contributed by atoms with Crippen LogP contribution < -0.4 is 11.3 Å². The van der Waals surface area contributed by atoms with Gasteiger partial charge in [0.15, 0.2) is 0 Å². The van der Waals surface area contributed by atoms with Crippen LogP contribution in [0.5, 0.6) is 5.75 Å². The van der Waals surface area contributed by atoms with Crippen molar-refractivity contribution < 1.29 is 5.11 Å². The van der Waals surface area contributed by atoms with Crippen molar-refractivity contribution in [1.29, 1.82) is 10.5 Å². The number of aromatic nitrogens is 1. The highest BCUT2D eigenvalue weighted by atomic mass is 16.3. The summed E-state index contributed by atoms with van der Waals surface area (Å²) in [4.78, 5) is 14.4. The van der Waals surface area contributed by atoms with Crippen LogP contribution in [-0.4, -0.2) is 10.1 Å². The molecule has 0 saturated carbocycles. The van der Waals surface area contributed by atoms with Gasteiger partial charge in [0, 0.05) is 5.56 Å². The van der Waals surface area contributed by atoms with Crippen molar-refractivity contribution in [3.63, 3.8) is 0 Å². The van der Waals surface area contributed by atoms with Crippen LogP contribution in [0.2, 0.25) is 0 Å². The molecule has 0 aliphatic heterocycles. The number of benzene rings is 2. The highest BCUT2D eigenvalue weighted by Gasteiger charge is 2.18. The molecule has 120 valence electrons. The molecule has 3 aromatic rings. The average Bonchev–Trinajstić information content (AvgIpc) is 2.62. The molecule has 6 heteroatoms. The Morgan fingerprint density at radius 3 is 2.20 bits per heavy atom. The SMILES string of the molecule is N#Cc1c(N)[nH]c(=O)c(C#N)c1-c1cccc(-c2ccc(O)cc2)c1. The Kier molecular flexibility index (Phi) is 3.95. The summed E-state index contributed by atoms with van der Waals surface area (Å²) in [6.45, 7) is 0. The molecule has 0 fully saturated rings. The minimum atomic E-state index is -0.635. The number of nitrogens with zero attached hydrogens (tertiary/aromatic N) is 2. The van der Waals surface area contributed by atoms with E-state index in [0.717, 1.165) is 11.1 Å². The summed E-state index contributed by atoms with van der Waals surface area (Å²) in [6, 6.07) is 17.5. The first-order chi connectivity index (χ1) is 12.0. The number of aromatic hydroxyl groups is 1. The number of nitrogens with two attached hydrogens (primary N) is 1. The van der Waals surface area contributed by atoms with Gasteiger partial charge < -0.3 is 15.8 Å². The fraction of sp³-hybridized carbons (Fsp3) is 0. The Morgan fingerprint density at radius 1 is 0.920 bits per heavy atom. The standard InChI is InChI=1S/C19H12N4O2/c20-9-15-17(16(10-21)19(25)23-18(15)22)13-3-1-2-12(8-13)11-4-6-14(24)7-5-11/h1-8,24H,(H3,22,23,25). The van der Waals surface area contributed by atoms with Gasteiger partial charge in [0.1, 0.15) is 34.8 Å². The third-order valence-electron chi connectivity index (χ3n) is 3.82. The molecule has 0 unspecified atom stereocenters. The number of nitriles is 2. The number of aromatic amines is 1. The minimum absolute atomic E-state index is 0.0546. The second-order valence-corrected chi connectivity index (χ2v) is 5.34. The molecule has 0 radical (unpaired) electrons. The van der Waals surface area contributed by atoms with Crippen LogP contribution >= 0.6 is 0 Å². The molecule has 0 amide bonds.